The molecule has 5 heteroatoms. The van der Waals surface area contributed by atoms with E-state index in [2.05, 4.69) is 24.5 Å². The molecule has 0 aromatic heterocycles. The summed E-state index contributed by atoms with van der Waals surface area (Å²) >= 11 is 0. The molecule has 0 aliphatic rings. The Labute approximate surface area is 142 Å². The molecule has 0 aliphatic carbocycles. The summed E-state index contributed by atoms with van der Waals surface area (Å²) in [6.45, 7) is 4.65. The maximum absolute atomic E-state index is 12.5. The van der Waals surface area contributed by atoms with E-state index in [-0.39, 0.29) is 11.8 Å². The van der Waals surface area contributed by atoms with Crippen molar-refractivity contribution in [1.82, 2.24) is 5.32 Å². The molecule has 0 spiro atoms. The molecule has 0 radical (unpaired) electrons. The summed E-state index contributed by atoms with van der Waals surface area (Å²) in [5, 5.41) is 5.37. The van der Waals surface area contributed by atoms with Gasteiger partial charge in [0.25, 0.3) is 11.8 Å². The van der Waals surface area contributed by atoms with E-state index in [1.807, 2.05) is 6.07 Å². The van der Waals surface area contributed by atoms with Crippen molar-refractivity contribution < 1.29 is 14.3 Å². The number of anilines is 1. The molecular formula is C19H22N2O3. The van der Waals surface area contributed by atoms with Gasteiger partial charge in [-0.05, 0) is 42.3 Å². The van der Waals surface area contributed by atoms with Crippen LogP contribution in [0.3, 0.4) is 0 Å². The van der Waals surface area contributed by atoms with E-state index in [0.717, 1.165) is 0 Å². The molecule has 0 aliphatic heterocycles. The third kappa shape index (κ3) is 4.59. The molecule has 0 bridgehead atoms. The van der Waals surface area contributed by atoms with Gasteiger partial charge in [-0.15, -0.1) is 0 Å². The van der Waals surface area contributed by atoms with E-state index < -0.39 is 0 Å². The number of hydrogen-bond donors (Lipinski definition) is 2. The largest absolute Gasteiger partial charge is 0.492 e. The number of para-hydroxylation sites is 1. The molecule has 2 amide bonds. The molecule has 2 aromatic rings. The molecule has 2 N–H and O–H groups in total. The quantitative estimate of drug-likeness (QED) is 0.855. The maximum atomic E-state index is 12.5. The highest BCUT2D eigenvalue weighted by atomic mass is 16.5. The topological polar surface area (TPSA) is 67.4 Å². The lowest BCUT2D eigenvalue weighted by molar-refractivity contribution is 0.0962. The van der Waals surface area contributed by atoms with E-state index in [4.69, 9.17) is 4.74 Å². The lowest BCUT2D eigenvalue weighted by atomic mass is 10.1. The number of benzene rings is 2. The summed E-state index contributed by atoms with van der Waals surface area (Å²) in [5.41, 5.74) is 1.64. The minimum absolute atomic E-state index is 0.166. The SMILES string of the molecule is CNC(=O)c1ccc(NC(=O)c2ccccc2OCC(C)C)cc1. The first-order valence-electron chi connectivity index (χ1n) is 7.86. The first-order chi connectivity index (χ1) is 11.5. The normalized spacial score (nSPS) is 10.3. The molecule has 0 saturated heterocycles. The van der Waals surface area contributed by atoms with Crippen molar-refractivity contribution >= 4 is 17.5 Å². The maximum Gasteiger partial charge on any atom is 0.259 e. The molecule has 2 rings (SSSR count). The monoisotopic (exact) mass is 326 g/mol. The van der Waals surface area contributed by atoms with Crippen LogP contribution in [0, 0.1) is 5.92 Å². The van der Waals surface area contributed by atoms with Crippen LogP contribution in [0.4, 0.5) is 5.69 Å². The van der Waals surface area contributed by atoms with Gasteiger partial charge in [0.2, 0.25) is 0 Å². The average Bonchev–Trinajstić information content (AvgIpc) is 2.60. The Bertz CT molecular complexity index is 709. The molecule has 126 valence electrons. The number of carbonyl (C=O) groups is 2. The second kappa shape index (κ2) is 8.15. The third-order valence-corrected chi connectivity index (χ3v) is 3.34. The number of rotatable bonds is 6. The highest BCUT2D eigenvalue weighted by molar-refractivity contribution is 6.06. The Morgan fingerprint density at radius 1 is 1.00 bits per heavy atom. The Balaban J connectivity index is 2.11. The van der Waals surface area contributed by atoms with Crippen molar-refractivity contribution in [3.63, 3.8) is 0 Å². The van der Waals surface area contributed by atoms with Crippen molar-refractivity contribution in [2.24, 2.45) is 5.92 Å². The van der Waals surface area contributed by atoms with E-state index >= 15 is 0 Å². The summed E-state index contributed by atoms with van der Waals surface area (Å²) < 4.78 is 5.71. The van der Waals surface area contributed by atoms with Crippen LogP contribution in [0.5, 0.6) is 5.75 Å². The predicted molar refractivity (Wildman–Crippen MR) is 94.6 cm³/mol. The van der Waals surface area contributed by atoms with Crippen LogP contribution in [0.1, 0.15) is 34.6 Å². The summed E-state index contributed by atoms with van der Waals surface area (Å²) in [5.74, 6) is 0.520. The summed E-state index contributed by atoms with van der Waals surface area (Å²) in [7, 11) is 1.58. The van der Waals surface area contributed by atoms with Gasteiger partial charge >= 0.3 is 0 Å². The van der Waals surface area contributed by atoms with Gasteiger partial charge in [0.15, 0.2) is 0 Å². The fourth-order valence-electron chi connectivity index (χ4n) is 2.08. The van der Waals surface area contributed by atoms with Crippen LogP contribution in [0.25, 0.3) is 0 Å². The second-order valence-corrected chi connectivity index (χ2v) is 5.81. The van der Waals surface area contributed by atoms with E-state index in [1.54, 1.807) is 49.5 Å². The van der Waals surface area contributed by atoms with Crippen molar-refractivity contribution in [1.29, 1.82) is 0 Å². The van der Waals surface area contributed by atoms with Gasteiger partial charge in [0.05, 0.1) is 12.2 Å². The first kappa shape index (κ1) is 17.5. The van der Waals surface area contributed by atoms with Crippen molar-refractivity contribution in [2.45, 2.75) is 13.8 Å². The number of hydrogen-bond acceptors (Lipinski definition) is 3. The average molecular weight is 326 g/mol. The van der Waals surface area contributed by atoms with Gasteiger partial charge in [-0.3, -0.25) is 9.59 Å². The number of carbonyl (C=O) groups excluding carboxylic acids is 2. The molecule has 0 fully saturated rings. The van der Waals surface area contributed by atoms with Crippen molar-refractivity contribution in [2.75, 3.05) is 19.0 Å². The molecule has 0 atom stereocenters. The number of ether oxygens (including phenoxy) is 1. The van der Waals surface area contributed by atoms with E-state index in [9.17, 15) is 9.59 Å². The standard InChI is InChI=1S/C19H22N2O3/c1-13(2)12-24-17-7-5-4-6-16(17)19(23)21-15-10-8-14(9-11-15)18(22)20-3/h4-11,13H,12H2,1-3H3,(H,20,22)(H,21,23). The lowest BCUT2D eigenvalue weighted by Crippen LogP contribution is -2.18. The molecule has 0 saturated carbocycles. The Morgan fingerprint density at radius 2 is 1.67 bits per heavy atom. The fourth-order valence-corrected chi connectivity index (χ4v) is 2.08. The minimum atomic E-state index is -0.248. The zero-order chi connectivity index (χ0) is 17.5. The molecule has 0 heterocycles. The van der Waals surface area contributed by atoms with Crippen LogP contribution in [-0.2, 0) is 0 Å². The Morgan fingerprint density at radius 3 is 2.29 bits per heavy atom. The molecule has 24 heavy (non-hydrogen) atoms. The summed E-state index contributed by atoms with van der Waals surface area (Å²) in [6, 6.07) is 13.9. The van der Waals surface area contributed by atoms with Gasteiger partial charge in [0, 0.05) is 18.3 Å². The molecule has 5 nitrogen and oxygen atoms in total. The van der Waals surface area contributed by atoms with Crippen molar-refractivity contribution in [3.8, 4) is 5.75 Å². The van der Waals surface area contributed by atoms with Crippen molar-refractivity contribution in [3.05, 3.63) is 59.7 Å². The van der Waals surface area contributed by atoms with Gasteiger partial charge in [-0.2, -0.15) is 0 Å². The van der Waals surface area contributed by atoms with Crippen LogP contribution in [0.2, 0.25) is 0 Å². The minimum Gasteiger partial charge on any atom is -0.492 e. The van der Waals surface area contributed by atoms with Gasteiger partial charge in [0.1, 0.15) is 5.75 Å². The van der Waals surface area contributed by atoms with Crippen LogP contribution >= 0.6 is 0 Å². The zero-order valence-corrected chi connectivity index (χ0v) is 14.1. The first-order valence-corrected chi connectivity index (χ1v) is 7.86. The third-order valence-electron chi connectivity index (χ3n) is 3.34. The lowest BCUT2D eigenvalue weighted by Gasteiger charge is -2.13. The molecule has 0 unspecified atom stereocenters. The van der Waals surface area contributed by atoms with E-state index in [0.29, 0.717) is 35.1 Å². The summed E-state index contributed by atoms with van der Waals surface area (Å²) in [4.78, 5) is 24.0. The van der Waals surface area contributed by atoms with Crippen LogP contribution in [-0.4, -0.2) is 25.5 Å². The smallest absolute Gasteiger partial charge is 0.259 e. The highest BCUT2D eigenvalue weighted by Gasteiger charge is 2.13. The van der Waals surface area contributed by atoms with Crippen LogP contribution in [0.15, 0.2) is 48.5 Å². The zero-order valence-electron chi connectivity index (χ0n) is 14.1. The molecular weight excluding hydrogens is 304 g/mol. The van der Waals surface area contributed by atoms with Gasteiger partial charge < -0.3 is 15.4 Å². The highest BCUT2D eigenvalue weighted by Crippen LogP contribution is 2.20. The van der Waals surface area contributed by atoms with Gasteiger partial charge in [-0.1, -0.05) is 26.0 Å². The van der Waals surface area contributed by atoms with Crippen LogP contribution < -0.4 is 15.4 Å². The second-order valence-electron chi connectivity index (χ2n) is 5.81. The number of amides is 2. The number of nitrogens with one attached hydrogen (secondary N) is 2. The van der Waals surface area contributed by atoms with Gasteiger partial charge in [-0.25, -0.2) is 0 Å². The van der Waals surface area contributed by atoms with E-state index in [1.165, 1.54) is 0 Å². The Kier molecular flexibility index (Phi) is 5.95. The Hall–Kier alpha value is -2.82. The summed E-state index contributed by atoms with van der Waals surface area (Å²) in [6.07, 6.45) is 0. The predicted octanol–water partition coefficient (Wildman–Crippen LogP) is 3.33. The molecule has 2 aromatic carbocycles. The fraction of sp³-hybridized carbons (Fsp3) is 0.263.